The Bertz CT molecular complexity index is 670. The molecule has 1 saturated heterocycles. The first-order valence-corrected chi connectivity index (χ1v) is 9.33. The molecule has 0 aliphatic carbocycles. The zero-order valence-electron chi connectivity index (χ0n) is 14.1. The molecule has 1 amide bonds. The first-order chi connectivity index (χ1) is 12.0. The molecule has 0 saturated carbocycles. The van der Waals surface area contributed by atoms with E-state index >= 15 is 0 Å². The zero-order valence-corrected chi connectivity index (χ0v) is 15.6. The molecule has 1 heterocycles. The average molecular weight is 377 g/mol. The smallest absolute Gasteiger partial charge is 0.223 e. The summed E-state index contributed by atoms with van der Waals surface area (Å²) < 4.78 is 0. The van der Waals surface area contributed by atoms with Crippen LogP contribution in [-0.4, -0.2) is 18.5 Å². The maximum absolute atomic E-state index is 12.8. The summed E-state index contributed by atoms with van der Waals surface area (Å²) in [6.07, 6.45) is 1.73. The molecule has 0 aromatic heterocycles. The minimum absolute atomic E-state index is 0.0401. The van der Waals surface area contributed by atoms with Gasteiger partial charge in [0, 0.05) is 22.0 Å². The molecule has 0 unspecified atom stereocenters. The second kappa shape index (κ2) is 8.22. The molecule has 25 heavy (non-hydrogen) atoms. The normalized spacial score (nSPS) is 20.5. The second-order valence-corrected chi connectivity index (χ2v) is 7.49. The lowest BCUT2D eigenvalue weighted by molar-refractivity contribution is -0.126. The highest BCUT2D eigenvalue weighted by atomic mass is 35.5. The summed E-state index contributed by atoms with van der Waals surface area (Å²) in [4.78, 5) is 12.8. The van der Waals surface area contributed by atoms with Crippen LogP contribution in [0.3, 0.4) is 0 Å². The van der Waals surface area contributed by atoms with Gasteiger partial charge in [0.2, 0.25) is 5.91 Å². The molecule has 3 rings (SSSR count). The first-order valence-electron chi connectivity index (χ1n) is 8.57. The van der Waals surface area contributed by atoms with Gasteiger partial charge >= 0.3 is 0 Å². The number of halogens is 2. The summed E-state index contributed by atoms with van der Waals surface area (Å²) in [5.41, 5.74) is 2.00. The van der Waals surface area contributed by atoms with Crippen molar-refractivity contribution in [2.24, 2.45) is 5.92 Å². The van der Waals surface area contributed by atoms with Crippen LogP contribution in [0.5, 0.6) is 0 Å². The van der Waals surface area contributed by atoms with Gasteiger partial charge in [-0.1, -0.05) is 47.5 Å². The van der Waals surface area contributed by atoms with Gasteiger partial charge in [-0.3, -0.25) is 4.79 Å². The number of rotatable bonds is 4. The summed E-state index contributed by atoms with van der Waals surface area (Å²) >= 11 is 12.0. The van der Waals surface area contributed by atoms with E-state index in [2.05, 4.69) is 17.6 Å². The Kier molecular flexibility index (Phi) is 6.00. The molecule has 0 radical (unpaired) electrons. The van der Waals surface area contributed by atoms with E-state index in [9.17, 15) is 4.79 Å². The SMILES string of the molecule is C[C@H]1C[C@@H](C(=O)NC(c2ccc(Cl)cc2)c2ccc(Cl)cc2)CCN1. The van der Waals surface area contributed by atoms with E-state index in [0.717, 1.165) is 30.5 Å². The minimum Gasteiger partial charge on any atom is -0.345 e. The van der Waals surface area contributed by atoms with Gasteiger partial charge < -0.3 is 10.6 Å². The van der Waals surface area contributed by atoms with Gasteiger partial charge in [-0.05, 0) is 61.7 Å². The Morgan fingerprint density at radius 2 is 1.56 bits per heavy atom. The fraction of sp³-hybridized carbons (Fsp3) is 0.350. The number of benzene rings is 2. The van der Waals surface area contributed by atoms with Gasteiger partial charge in [0.1, 0.15) is 0 Å². The van der Waals surface area contributed by atoms with Gasteiger partial charge in [-0.25, -0.2) is 0 Å². The third-order valence-corrected chi connectivity index (χ3v) is 5.19. The second-order valence-electron chi connectivity index (χ2n) is 6.62. The molecule has 2 aromatic carbocycles. The van der Waals surface area contributed by atoms with Crippen LogP contribution >= 0.6 is 23.2 Å². The van der Waals surface area contributed by atoms with Crippen LogP contribution in [-0.2, 0) is 4.79 Å². The van der Waals surface area contributed by atoms with Crippen molar-refractivity contribution < 1.29 is 4.79 Å². The van der Waals surface area contributed by atoms with Gasteiger partial charge in [-0.2, -0.15) is 0 Å². The number of hydrogen-bond acceptors (Lipinski definition) is 2. The van der Waals surface area contributed by atoms with E-state index in [1.807, 2.05) is 48.5 Å². The van der Waals surface area contributed by atoms with Crippen molar-refractivity contribution in [3.63, 3.8) is 0 Å². The summed E-state index contributed by atoms with van der Waals surface area (Å²) in [7, 11) is 0. The van der Waals surface area contributed by atoms with E-state index < -0.39 is 0 Å². The van der Waals surface area contributed by atoms with Crippen LogP contribution in [0, 0.1) is 5.92 Å². The number of nitrogens with one attached hydrogen (secondary N) is 2. The molecule has 0 spiro atoms. The molecule has 132 valence electrons. The van der Waals surface area contributed by atoms with Crippen molar-refractivity contribution in [1.82, 2.24) is 10.6 Å². The van der Waals surface area contributed by atoms with Crippen LogP contribution in [0.2, 0.25) is 10.0 Å². The maximum atomic E-state index is 12.8. The highest BCUT2D eigenvalue weighted by molar-refractivity contribution is 6.30. The summed E-state index contributed by atoms with van der Waals surface area (Å²) in [6, 6.07) is 15.3. The molecule has 1 aliphatic heterocycles. The van der Waals surface area contributed by atoms with Crippen molar-refractivity contribution in [3.05, 3.63) is 69.7 Å². The Balaban J connectivity index is 1.84. The predicted octanol–water partition coefficient (Wildman–Crippen LogP) is 4.59. The van der Waals surface area contributed by atoms with Crippen molar-refractivity contribution >= 4 is 29.1 Å². The first kappa shape index (κ1) is 18.2. The Hall–Kier alpha value is -1.55. The molecule has 5 heteroatoms. The van der Waals surface area contributed by atoms with Crippen LogP contribution < -0.4 is 10.6 Å². The van der Waals surface area contributed by atoms with E-state index in [1.54, 1.807) is 0 Å². The highest BCUT2D eigenvalue weighted by Gasteiger charge is 2.27. The van der Waals surface area contributed by atoms with Crippen LogP contribution in [0.1, 0.15) is 36.9 Å². The fourth-order valence-corrected chi connectivity index (χ4v) is 3.55. The Labute approximate surface area is 158 Å². The third-order valence-electron chi connectivity index (χ3n) is 4.69. The van der Waals surface area contributed by atoms with Crippen molar-refractivity contribution in [3.8, 4) is 0 Å². The molecule has 3 nitrogen and oxygen atoms in total. The van der Waals surface area contributed by atoms with E-state index in [0.29, 0.717) is 16.1 Å². The predicted molar refractivity (Wildman–Crippen MR) is 103 cm³/mol. The average Bonchev–Trinajstić information content (AvgIpc) is 2.61. The van der Waals surface area contributed by atoms with Crippen molar-refractivity contribution in [1.29, 1.82) is 0 Å². The van der Waals surface area contributed by atoms with Gasteiger partial charge in [0.05, 0.1) is 6.04 Å². The molecular weight excluding hydrogens is 355 g/mol. The van der Waals surface area contributed by atoms with Crippen molar-refractivity contribution in [2.75, 3.05) is 6.54 Å². The lowest BCUT2D eigenvalue weighted by Crippen LogP contribution is -2.43. The topological polar surface area (TPSA) is 41.1 Å². The summed E-state index contributed by atoms with van der Waals surface area (Å²) in [5, 5.41) is 7.97. The Morgan fingerprint density at radius 3 is 2.04 bits per heavy atom. The molecule has 0 bridgehead atoms. The highest BCUT2D eigenvalue weighted by Crippen LogP contribution is 2.26. The van der Waals surface area contributed by atoms with Crippen LogP contribution in [0.15, 0.2) is 48.5 Å². The number of carbonyl (C=O) groups excluding carboxylic acids is 1. The van der Waals surface area contributed by atoms with Gasteiger partial charge in [0.15, 0.2) is 0 Å². The van der Waals surface area contributed by atoms with Crippen LogP contribution in [0.4, 0.5) is 0 Å². The van der Waals surface area contributed by atoms with Crippen LogP contribution in [0.25, 0.3) is 0 Å². The van der Waals surface area contributed by atoms with E-state index in [1.165, 1.54) is 0 Å². The molecular formula is C20H22Cl2N2O. The van der Waals surface area contributed by atoms with E-state index in [-0.39, 0.29) is 17.9 Å². The summed E-state index contributed by atoms with van der Waals surface area (Å²) in [5.74, 6) is 0.140. The summed E-state index contributed by atoms with van der Waals surface area (Å²) in [6.45, 7) is 3.00. The van der Waals surface area contributed by atoms with E-state index in [4.69, 9.17) is 23.2 Å². The lowest BCUT2D eigenvalue weighted by atomic mass is 9.91. The quantitative estimate of drug-likeness (QED) is 0.819. The molecule has 1 fully saturated rings. The zero-order chi connectivity index (χ0) is 17.8. The molecule has 1 aliphatic rings. The van der Waals surface area contributed by atoms with Crippen molar-refractivity contribution in [2.45, 2.75) is 31.8 Å². The molecule has 2 N–H and O–H groups in total. The minimum atomic E-state index is -0.216. The maximum Gasteiger partial charge on any atom is 0.223 e. The number of carbonyl (C=O) groups is 1. The number of hydrogen-bond donors (Lipinski definition) is 2. The molecule has 2 atom stereocenters. The Morgan fingerprint density at radius 1 is 1.04 bits per heavy atom. The largest absolute Gasteiger partial charge is 0.345 e. The number of piperidine rings is 1. The van der Waals surface area contributed by atoms with Gasteiger partial charge in [0.25, 0.3) is 0 Å². The van der Waals surface area contributed by atoms with Gasteiger partial charge in [-0.15, -0.1) is 0 Å². The third kappa shape index (κ3) is 4.75. The lowest BCUT2D eigenvalue weighted by Gasteiger charge is -2.29. The monoisotopic (exact) mass is 376 g/mol. The standard InChI is InChI=1S/C20H22Cl2N2O/c1-13-12-16(10-11-23-13)20(25)24-19(14-2-6-17(21)7-3-14)15-4-8-18(22)9-5-15/h2-9,13,16,19,23H,10-12H2,1H3,(H,24,25)/t13-,16-/m0/s1. The fourth-order valence-electron chi connectivity index (χ4n) is 3.30. The number of amides is 1. The molecule has 2 aromatic rings.